The van der Waals surface area contributed by atoms with Crippen LogP contribution in [0.15, 0.2) is 5.38 Å². The molecule has 0 bridgehead atoms. The molecule has 1 aromatic rings. The predicted octanol–water partition coefficient (Wildman–Crippen LogP) is 3.73. The summed E-state index contributed by atoms with van der Waals surface area (Å²) in [6.45, 7) is 1.16. The molecule has 0 saturated heterocycles. The molecule has 0 aliphatic heterocycles. The first-order chi connectivity index (χ1) is 8.81. The van der Waals surface area contributed by atoms with E-state index in [2.05, 4.69) is 17.7 Å². The highest BCUT2D eigenvalue weighted by Gasteiger charge is 2.37. The molecule has 18 heavy (non-hydrogen) atoms. The summed E-state index contributed by atoms with van der Waals surface area (Å²) in [4.78, 5) is 4.93. The minimum absolute atomic E-state index is 0.527. The Balaban J connectivity index is 1.65. The summed E-state index contributed by atoms with van der Waals surface area (Å²) in [5.74, 6) is 0.775. The van der Waals surface area contributed by atoms with Gasteiger partial charge < -0.3 is 5.32 Å². The third-order valence-electron chi connectivity index (χ3n) is 4.84. The van der Waals surface area contributed by atoms with Crippen molar-refractivity contribution in [2.24, 2.45) is 5.41 Å². The van der Waals surface area contributed by atoms with E-state index in [1.54, 1.807) is 0 Å². The Morgan fingerprint density at radius 3 is 2.72 bits per heavy atom. The van der Waals surface area contributed by atoms with Crippen LogP contribution in [-0.4, -0.2) is 18.6 Å². The van der Waals surface area contributed by atoms with Crippen molar-refractivity contribution in [3.63, 3.8) is 0 Å². The Labute approximate surface area is 114 Å². The summed E-state index contributed by atoms with van der Waals surface area (Å²) in [6.07, 6.45) is 10.9. The minimum Gasteiger partial charge on any atom is -0.319 e. The van der Waals surface area contributed by atoms with Crippen molar-refractivity contribution >= 4 is 11.3 Å². The van der Waals surface area contributed by atoms with Crippen molar-refractivity contribution in [3.8, 4) is 0 Å². The number of aromatic nitrogens is 1. The third kappa shape index (κ3) is 2.48. The van der Waals surface area contributed by atoms with E-state index >= 15 is 0 Å². The third-order valence-corrected chi connectivity index (χ3v) is 5.70. The molecule has 3 rings (SSSR count). The standard InChI is InChI=1S/C15H24N2S/c1-16-11-15(7-4-8-15)9-14-17-13(10-18-14)12-5-2-3-6-12/h10,12,16H,2-9,11H2,1H3. The summed E-state index contributed by atoms with van der Waals surface area (Å²) in [6, 6.07) is 0. The van der Waals surface area contributed by atoms with Crippen LogP contribution < -0.4 is 5.32 Å². The van der Waals surface area contributed by atoms with Crippen molar-refractivity contribution in [2.45, 2.75) is 57.3 Å². The normalized spacial score (nSPS) is 23.2. The van der Waals surface area contributed by atoms with E-state index in [4.69, 9.17) is 4.98 Å². The molecular formula is C15H24N2S. The maximum Gasteiger partial charge on any atom is 0.0934 e. The first-order valence-corrected chi connectivity index (χ1v) is 8.28. The van der Waals surface area contributed by atoms with Gasteiger partial charge in [-0.1, -0.05) is 19.3 Å². The van der Waals surface area contributed by atoms with Crippen LogP contribution in [0.3, 0.4) is 0 Å². The second-order valence-corrected chi connectivity index (χ2v) is 7.15. The van der Waals surface area contributed by atoms with E-state index in [0.717, 1.165) is 12.5 Å². The molecule has 2 nitrogen and oxygen atoms in total. The molecule has 1 aromatic heterocycles. The molecule has 1 heterocycles. The van der Waals surface area contributed by atoms with Gasteiger partial charge in [0.1, 0.15) is 0 Å². The molecule has 0 aromatic carbocycles. The van der Waals surface area contributed by atoms with Crippen molar-refractivity contribution < 1.29 is 0 Å². The Morgan fingerprint density at radius 2 is 2.11 bits per heavy atom. The van der Waals surface area contributed by atoms with Gasteiger partial charge in [-0.25, -0.2) is 4.98 Å². The van der Waals surface area contributed by atoms with E-state index < -0.39 is 0 Å². The van der Waals surface area contributed by atoms with Gasteiger partial charge in [0.2, 0.25) is 0 Å². The van der Waals surface area contributed by atoms with E-state index in [9.17, 15) is 0 Å². The van der Waals surface area contributed by atoms with E-state index in [0.29, 0.717) is 5.41 Å². The molecule has 0 atom stereocenters. The van der Waals surface area contributed by atoms with Gasteiger partial charge in [0.05, 0.1) is 10.7 Å². The molecule has 0 radical (unpaired) electrons. The first-order valence-electron chi connectivity index (χ1n) is 7.40. The average Bonchev–Trinajstić information content (AvgIpc) is 2.96. The molecule has 3 heteroatoms. The molecular weight excluding hydrogens is 240 g/mol. The fraction of sp³-hybridized carbons (Fsp3) is 0.800. The molecule has 2 aliphatic carbocycles. The quantitative estimate of drug-likeness (QED) is 0.876. The van der Waals surface area contributed by atoms with Crippen LogP contribution in [0.1, 0.15) is 61.6 Å². The Hall–Kier alpha value is -0.410. The number of hydrogen-bond acceptors (Lipinski definition) is 3. The fourth-order valence-corrected chi connectivity index (χ4v) is 4.65. The number of nitrogens with one attached hydrogen (secondary N) is 1. The number of thiazole rings is 1. The summed E-state index contributed by atoms with van der Waals surface area (Å²) < 4.78 is 0. The lowest BCUT2D eigenvalue weighted by molar-refractivity contribution is 0.133. The van der Waals surface area contributed by atoms with Crippen LogP contribution in [0.5, 0.6) is 0 Å². The zero-order chi connectivity index (χ0) is 12.4. The molecule has 2 saturated carbocycles. The summed E-state index contributed by atoms with van der Waals surface area (Å²) >= 11 is 1.90. The second-order valence-electron chi connectivity index (χ2n) is 6.21. The second kappa shape index (κ2) is 5.30. The van der Waals surface area contributed by atoms with Gasteiger partial charge in [0.15, 0.2) is 0 Å². The van der Waals surface area contributed by atoms with E-state index in [1.165, 1.54) is 62.1 Å². The van der Waals surface area contributed by atoms with Gasteiger partial charge in [-0.15, -0.1) is 11.3 Å². The number of hydrogen-bond donors (Lipinski definition) is 1. The monoisotopic (exact) mass is 264 g/mol. The predicted molar refractivity (Wildman–Crippen MR) is 77.2 cm³/mol. The van der Waals surface area contributed by atoms with Crippen LogP contribution in [0, 0.1) is 5.41 Å². The molecule has 0 unspecified atom stereocenters. The topological polar surface area (TPSA) is 24.9 Å². The average molecular weight is 264 g/mol. The van der Waals surface area contributed by atoms with Gasteiger partial charge in [-0.2, -0.15) is 0 Å². The van der Waals surface area contributed by atoms with Gasteiger partial charge in [0, 0.05) is 24.3 Å². The molecule has 0 amide bonds. The highest BCUT2D eigenvalue weighted by atomic mass is 32.1. The molecule has 2 aliphatic rings. The molecule has 0 spiro atoms. The van der Waals surface area contributed by atoms with Crippen molar-refractivity contribution in [1.82, 2.24) is 10.3 Å². The first kappa shape index (κ1) is 12.6. The van der Waals surface area contributed by atoms with Crippen LogP contribution in [-0.2, 0) is 6.42 Å². The lowest BCUT2D eigenvalue weighted by Gasteiger charge is -2.41. The van der Waals surface area contributed by atoms with Gasteiger partial charge in [-0.3, -0.25) is 0 Å². The molecule has 100 valence electrons. The molecule has 1 N–H and O–H groups in total. The zero-order valence-corrected chi connectivity index (χ0v) is 12.2. The van der Waals surface area contributed by atoms with Crippen LogP contribution >= 0.6 is 11.3 Å². The number of rotatable bonds is 5. The Kier molecular flexibility index (Phi) is 3.71. The zero-order valence-electron chi connectivity index (χ0n) is 11.4. The van der Waals surface area contributed by atoms with Gasteiger partial charge in [-0.05, 0) is 38.1 Å². The highest BCUT2D eigenvalue weighted by molar-refractivity contribution is 7.09. The minimum atomic E-state index is 0.527. The van der Waals surface area contributed by atoms with Crippen molar-refractivity contribution in [1.29, 1.82) is 0 Å². The van der Waals surface area contributed by atoms with E-state index in [-0.39, 0.29) is 0 Å². The maximum absolute atomic E-state index is 4.93. The Bertz CT molecular complexity index is 389. The van der Waals surface area contributed by atoms with Crippen LogP contribution in [0.4, 0.5) is 0 Å². The summed E-state index contributed by atoms with van der Waals surface area (Å²) in [7, 11) is 2.08. The maximum atomic E-state index is 4.93. The molecule has 2 fully saturated rings. The lowest BCUT2D eigenvalue weighted by Crippen LogP contribution is -2.40. The fourth-order valence-electron chi connectivity index (χ4n) is 3.60. The van der Waals surface area contributed by atoms with Crippen molar-refractivity contribution in [3.05, 3.63) is 16.1 Å². The summed E-state index contributed by atoms with van der Waals surface area (Å²) in [5, 5.41) is 7.08. The van der Waals surface area contributed by atoms with Crippen LogP contribution in [0.2, 0.25) is 0 Å². The van der Waals surface area contributed by atoms with Crippen molar-refractivity contribution in [2.75, 3.05) is 13.6 Å². The highest BCUT2D eigenvalue weighted by Crippen LogP contribution is 2.44. The van der Waals surface area contributed by atoms with E-state index in [1.807, 2.05) is 11.3 Å². The van der Waals surface area contributed by atoms with Gasteiger partial charge in [0.25, 0.3) is 0 Å². The van der Waals surface area contributed by atoms with Crippen LogP contribution in [0.25, 0.3) is 0 Å². The smallest absolute Gasteiger partial charge is 0.0934 e. The van der Waals surface area contributed by atoms with Gasteiger partial charge >= 0.3 is 0 Å². The summed E-state index contributed by atoms with van der Waals surface area (Å²) in [5.41, 5.74) is 1.92. The number of nitrogens with zero attached hydrogens (tertiary/aromatic N) is 1. The Morgan fingerprint density at radius 1 is 1.33 bits per heavy atom. The largest absolute Gasteiger partial charge is 0.319 e. The SMILES string of the molecule is CNCC1(Cc2nc(C3CCCC3)cs2)CCC1. The lowest BCUT2D eigenvalue weighted by atomic mass is 9.67.